The van der Waals surface area contributed by atoms with Gasteiger partial charge in [0.05, 0.1) is 23.1 Å². The van der Waals surface area contributed by atoms with E-state index in [1.165, 1.54) is 35.1 Å². The maximum atomic E-state index is 13.1. The zero-order valence-corrected chi connectivity index (χ0v) is 14.6. The number of aromatic nitrogens is 2. The molecule has 0 radical (unpaired) electrons. The number of hydrogen-bond donors (Lipinski definition) is 1. The second-order valence-electron chi connectivity index (χ2n) is 5.77. The molecule has 0 saturated heterocycles. The molecule has 146 valence electrons. The molecule has 2 aromatic carbocycles. The molecule has 5 nitrogen and oxygen atoms in total. The SMILES string of the molecule is CCc1c(C(=O)Nc2ccc(OC(F)(F)F)cc2)cnn1-c1ccc(F)cc1. The summed E-state index contributed by atoms with van der Waals surface area (Å²) in [6.45, 7) is 1.84. The number of anilines is 1. The van der Waals surface area contributed by atoms with Gasteiger partial charge in [0.1, 0.15) is 11.6 Å². The topological polar surface area (TPSA) is 56.1 Å². The Morgan fingerprint density at radius 3 is 2.32 bits per heavy atom. The Kier molecular flexibility index (Phi) is 5.34. The highest BCUT2D eigenvalue weighted by atomic mass is 19.4. The maximum Gasteiger partial charge on any atom is 0.573 e. The number of benzene rings is 2. The minimum Gasteiger partial charge on any atom is -0.406 e. The third-order valence-corrected chi connectivity index (χ3v) is 3.87. The van der Waals surface area contributed by atoms with Gasteiger partial charge in [-0.15, -0.1) is 13.2 Å². The third kappa shape index (κ3) is 4.48. The number of alkyl halides is 3. The van der Waals surface area contributed by atoms with Gasteiger partial charge in [-0.05, 0) is 55.0 Å². The fourth-order valence-corrected chi connectivity index (χ4v) is 2.65. The van der Waals surface area contributed by atoms with Gasteiger partial charge in [-0.3, -0.25) is 4.79 Å². The van der Waals surface area contributed by atoms with E-state index in [9.17, 15) is 22.4 Å². The number of nitrogens with zero attached hydrogens (tertiary/aromatic N) is 2. The molecule has 1 heterocycles. The van der Waals surface area contributed by atoms with Crippen LogP contribution in [-0.2, 0) is 6.42 Å². The van der Waals surface area contributed by atoms with Gasteiger partial charge in [0.15, 0.2) is 0 Å². The van der Waals surface area contributed by atoms with Crippen molar-refractivity contribution in [2.24, 2.45) is 0 Å². The van der Waals surface area contributed by atoms with Crippen molar-refractivity contribution in [1.82, 2.24) is 9.78 Å². The lowest BCUT2D eigenvalue weighted by Gasteiger charge is -2.10. The van der Waals surface area contributed by atoms with Crippen LogP contribution < -0.4 is 10.1 Å². The lowest BCUT2D eigenvalue weighted by molar-refractivity contribution is -0.274. The monoisotopic (exact) mass is 393 g/mol. The van der Waals surface area contributed by atoms with Crippen molar-refractivity contribution in [1.29, 1.82) is 0 Å². The van der Waals surface area contributed by atoms with Crippen LogP contribution in [0.25, 0.3) is 5.69 Å². The predicted molar refractivity (Wildman–Crippen MR) is 94.0 cm³/mol. The van der Waals surface area contributed by atoms with Crippen LogP contribution >= 0.6 is 0 Å². The molecule has 0 spiro atoms. The van der Waals surface area contributed by atoms with E-state index in [0.717, 1.165) is 12.1 Å². The quantitative estimate of drug-likeness (QED) is 0.638. The van der Waals surface area contributed by atoms with E-state index >= 15 is 0 Å². The third-order valence-electron chi connectivity index (χ3n) is 3.87. The van der Waals surface area contributed by atoms with E-state index < -0.39 is 12.3 Å². The van der Waals surface area contributed by atoms with Crippen molar-refractivity contribution < 1.29 is 27.1 Å². The molecule has 3 aromatic rings. The number of halogens is 4. The average molecular weight is 393 g/mol. The summed E-state index contributed by atoms with van der Waals surface area (Å²) in [7, 11) is 0. The van der Waals surface area contributed by atoms with E-state index in [2.05, 4.69) is 15.2 Å². The van der Waals surface area contributed by atoms with Gasteiger partial charge in [0.2, 0.25) is 0 Å². The Balaban J connectivity index is 1.78. The molecule has 0 unspecified atom stereocenters. The second-order valence-corrected chi connectivity index (χ2v) is 5.77. The fraction of sp³-hybridized carbons (Fsp3) is 0.158. The second kappa shape index (κ2) is 7.71. The predicted octanol–water partition coefficient (Wildman–Crippen LogP) is 4.72. The Hall–Kier alpha value is -3.36. The zero-order chi connectivity index (χ0) is 20.3. The van der Waals surface area contributed by atoms with Crippen LogP contribution in [-0.4, -0.2) is 22.1 Å². The van der Waals surface area contributed by atoms with Crippen LogP contribution in [0.2, 0.25) is 0 Å². The van der Waals surface area contributed by atoms with Crippen molar-refractivity contribution in [2.75, 3.05) is 5.32 Å². The van der Waals surface area contributed by atoms with Crippen molar-refractivity contribution in [3.63, 3.8) is 0 Å². The van der Waals surface area contributed by atoms with E-state index in [4.69, 9.17) is 0 Å². The van der Waals surface area contributed by atoms with Gasteiger partial charge in [-0.2, -0.15) is 5.10 Å². The number of ether oxygens (including phenoxy) is 1. The number of carbonyl (C=O) groups is 1. The summed E-state index contributed by atoms with van der Waals surface area (Å²) in [6, 6.07) is 10.5. The van der Waals surface area contributed by atoms with Crippen molar-refractivity contribution in [3.8, 4) is 11.4 Å². The molecule has 1 aromatic heterocycles. The molecular formula is C19H15F4N3O2. The smallest absolute Gasteiger partial charge is 0.406 e. The van der Waals surface area contributed by atoms with Gasteiger partial charge in [-0.25, -0.2) is 9.07 Å². The molecule has 28 heavy (non-hydrogen) atoms. The van der Waals surface area contributed by atoms with Crippen LogP contribution in [0.15, 0.2) is 54.7 Å². The van der Waals surface area contributed by atoms with Crippen molar-refractivity contribution in [3.05, 3.63) is 71.8 Å². The van der Waals surface area contributed by atoms with Gasteiger partial charge in [0, 0.05) is 5.69 Å². The Bertz CT molecular complexity index is 964. The van der Waals surface area contributed by atoms with E-state index in [0.29, 0.717) is 29.1 Å². The standard InChI is InChI=1S/C19H15F4N3O2/c1-2-17-16(11-24-26(17)14-7-3-12(20)4-8-14)18(27)25-13-5-9-15(10-6-13)28-19(21,22)23/h3-11H,2H2,1H3,(H,25,27). The van der Waals surface area contributed by atoms with Crippen molar-refractivity contribution in [2.45, 2.75) is 19.7 Å². The van der Waals surface area contributed by atoms with Gasteiger partial charge >= 0.3 is 6.36 Å². The number of hydrogen-bond acceptors (Lipinski definition) is 3. The Morgan fingerprint density at radius 1 is 1.11 bits per heavy atom. The summed E-state index contributed by atoms with van der Waals surface area (Å²) in [5.74, 6) is -1.23. The normalized spacial score (nSPS) is 11.3. The first-order valence-corrected chi connectivity index (χ1v) is 8.27. The highest BCUT2D eigenvalue weighted by Crippen LogP contribution is 2.24. The Labute approximate surface area is 157 Å². The summed E-state index contributed by atoms with van der Waals surface area (Å²) in [4.78, 5) is 12.6. The van der Waals surface area contributed by atoms with E-state index in [1.54, 1.807) is 12.1 Å². The molecule has 0 atom stereocenters. The minimum absolute atomic E-state index is 0.302. The molecule has 0 aliphatic carbocycles. The molecule has 3 rings (SSSR count). The lowest BCUT2D eigenvalue weighted by atomic mass is 10.1. The van der Waals surface area contributed by atoms with Crippen LogP contribution in [0.3, 0.4) is 0 Å². The van der Waals surface area contributed by atoms with Gasteiger partial charge < -0.3 is 10.1 Å². The van der Waals surface area contributed by atoms with Gasteiger partial charge in [-0.1, -0.05) is 6.92 Å². The molecule has 0 bridgehead atoms. The molecule has 0 saturated carbocycles. The summed E-state index contributed by atoms with van der Waals surface area (Å²) >= 11 is 0. The van der Waals surface area contributed by atoms with Crippen molar-refractivity contribution >= 4 is 11.6 Å². The van der Waals surface area contributed by atoms with Crippen LogP contribution in [0.5, 0.6) is 5.75 Å². The number of amides is 1. The van der Waals surface area contributed by atoms with E-state index in [1.807, 2.05) is 6.92 Å². The molecule has 1 N–H and O–H groups in total. The van der Waals surface area contributed by atoms with Crippen LogP contribution in [0.4, 0.5) is 23.2 Å². The molecule has 1 amide bonds. The fourth-order valence-electron chi connectivity index (χ4n) is 2.65. The first-order valence-electron chi connectivity index (χ1n) is 8.27. The van der Waals surface area contributed by atoms with Crippen LogP contribution in [0, 0.1) is 5.82 Å². The summed E-state index contributed by atoms with van der Waals surface area (Å²) < 4.78 is 55.0. The minimum atomic E-state index is -4.78. The average Bonchev–Trinajstić information content (AvgIpc) is 3.07. The molecule has 0 aliphatic rings. The first-order chi connectivity index (χ1) is 13.3. The molecular weight excluding hydrogens is 378 g/mol. The molecule has 0 aliphatic heterocycles. The molecule has 9 heteroatoms. The summed E-state index contributed by atoms with van der Waals surface area (Å²) in [6.07, 6.45) is -2.91. The summed E-state index contributed by atoms with van der Waals surface area (Å²) in [5, 5.41) is 6.80. The largest absolute Gasteiger partial charge is 0.573 e. The van der Waals surface area contributed by atoms with E-state index in [-0.39, 0.29) is 11.6 Å². The zero-order valence-electron chi connectivity index (χ0n) is 14.6. The highest BCUT2D eigenvalue weighted by Gasteiger charge is 2.31. The van der Waals surface area contributed by atoms with Gasteiger partial charge in [0.25, 0.3) is 5.91 Å². The highest BCUT2D eigenvalue weighted by molar-refractivity contribution is 6.05. The molecule has 0 fully saturated rings. The number of rotatable bonds is 5. The van der Waals surface area contributed by atoms with Crippen LogP contribution in [0.1, 0.15) is 23.0 Å². The Morgan fingerprint density at radius 2 is 1.75 bits per heavy atom. The lowest BCUT2D eigenvalue weighted by Crippen LogP contribution is -2.17. The summed E-state index contributed by atoms with van der Waals surface area (Å²) in [5.41, 5.74) is 1.82. The first kappa shape index (κ1) is 19.4. The number of carbonyl (C=O) groups excluding carboxylic acids is 1. The maximum absolute atomic E-state index is 13.1. The number of nitrogens with one attached hydrogen (secondary N) is 1.